The molecule has 7 heteroatoms. The minimum absolute atomic E-state index is 0.0883. The highest BCUT2D eigenvalue weighted by Gasteiger charge is 2.38. The molecule has 0 N–H and O–H groups in total. The van der Waals surface area contributed by atoms with E-state index in [0.29, 0.717) is 5.56 Å². The Bertz CT molecular complexity index is 959. The first-order valence-electron chi connectivity index (χ1n) is 6.91. The molecule has 6 nitrogen and oxygen atoms in total. The van der Waals surface area contributed by atoms with Crippen molar-refractivity contribution in [3.63, 3.8) is 0 Å². The predicted molar refractivity (Wildman–Crippen MR) is 88.4 cm³/mol. The van der Waals surface area contributed by atoms with Crippen LogP contribution in [0.3, 0.4) is 0 Å². The van der Waals surface area contributed by atoms with Gasteiger partial charge in [0.1, 0.15) is 0 Å². The van der Waals surface area contributed by atoms with E-state index in [0.717, 1.165) is 11.3 Å². The number of likely N-dealkylation sites (N-methyl/N-ethyl adjacent to an activating group) is 1. The number of fused-ring (bicyclic) bond motifs is 1. The minimum atomic E-state index is -3.89. The topological polar surface area (TPSA) is 86.1 Å². The molecule has 2 aromatic rings. The van der Waals surface area contributed by atoms with E-state index in [9.17, 15) is 13.9 Å². The molecule has 0 fully saturated rings. The average molecular weight is 326 g/mol. The van der Waals surface area contributed by atoms with Crippen LogP contribution in [0.25, 0.3) is 5.53 Å². The smallest absolute Gasteiger partial charge is 0.361 e. The number of amidine groups is 1. The van der Waals surface area contributed by atoms with Gasteiger partial charge in [-0.05, 0) is 31.2 Å². The highest BCUT2D eigenvalue weighted by molar-refractivity contribution is 7.90. The van der Waals surface area contributed by atoms with Gasteiger partial charge in [-0.2, -0.15) is 13.2 Å². The maximum absolute atomic E-state index is 12.5. The second kappa shape index (κ2) is 5.46. The lowest BCUT2D eigenvalue weighted by atomic mass is 10.1. The SMILES string of the molecule is Cc1ccc2c(c1)C(=[N+]=[N-])C(=NS(=O)(=O)c1ccccc1)N2C. The number of anilines is 1. The molecule has 0 amide bonds. The van der Waals surface area contributed by atoms with E-state index in [1.165, 1.54) is 12.1 Å². The molecule has 0 aliphatic carbocycles. The standard InChI is InChI=1S/C16H14N4O2S/c1-11-8-9-14-13(10-11)15(18-17)16(20(14)2)19-23(21,22)12-6-4-3-5-7-12/h3-10H,1-2H3. The Morgan fingerprint density at radius 1 is 1.13 bits per heavy atom. The Morgan fingerprint density at radius 2 is 1.83 bits per heavy atom. The summed E-state index contributed by atoms with van der Waals surface area (Å²) in [6.07, 6.45) is 0. The molecule has 0 atom stereocenters. The Labute approximate surface area is 134 Å². The van der Waals surface area contributed by atoms with Crippen molar-refractivity contribution >= 4 is 27.3 Å². The number of benzene rings is 2. The van der Waals surface area contributed by atoms with Crippen molar-refractivity contribution in [1.82, 2.24) is 0 Å². The third-order valence-electron chi connectivity index (χ3n) is 3.65. The molecule has 0 bridgehead atoms. The van der Waals surface area contributed by atoms with Crippen LogP contribution in [0.15, 0.2) is 57.8 Å². The second-order valence-corrected chi connectivity index (χ2v) is 6.84. The van der Waals surface area contributed by atoms with Crippen molar-refractivity contribution in [1.29, 1.82) is 0 Å². The second-order valence-electron chi connectivity index (χ2n) is 5.23. The maximum atomic E-state index is 12.5. The summed E-state index contributed by atoms with van der Waals surface area (Å²) < 4.78 is 28.8. The van der Waals surface area contributed by atoms with Crippen LogP contribution in [0.2, 0.25) is 0 Å². The Morgan fingerprint density at radius 3 is 2.48 bits per heavy atom. The van der Waals surface area contributed by atoms with Gasteiger partial charge in [0.2, 0.25) is 5.84 Å². The van der Waals surface area contributed by atoms with E-state index in [4.69, 9.17) is 0 Å². The highest BCUT2D eigenvalue weighted by atomic mass is 32.2. The van der Waals surface area contributed by atoms with Crippen LogP contribution in [0.5, 0.6) is 0 Å². The molecule has 0 saturated carbocycles. The summed E-state index contributed by atoms with van der Waals surface area (Å²) in [4.78, 5) is 4.95. The third-order valence-corrected chi connectivity index (χ3v) is 4.93. The van der Waals surface area contributed by atoms with Gasteiger partial charge in [-0.15, -0.1) is 4.40 Å². The van der Waals surface area contributed by atoms with Crippen molar-refractivity contribution in [2.24, 2.45) is 4.40 Å². The summed E-state index contributed by atoms with van der Waals surface area (Å²) in [5.74, 6) is 0.0944. The zero-order valence-electron chi connectivity index (χ0n) is 12.6. The molecule has 1 aliphatic rings. The predicted octanol–water partition coefficient (Wildman–Crippen LogP) is 2.25. The Balaban J connectivity index is 2.16. The van der Waals surface area contributed by atoms with E-state index in [-0.39, 0.29) is 16.4 Å². The molecular weight excluding hydrogens is 312 g/mol. The first-order valence-corrected chi connectivity index (χ1v) is 8.35. The van der Waals surface area contributed by atoms with Gasteiger partial charge in [-0.25, -0.2) is 0 Å². The molecule has 1 heterocycles. The van der Waals surface area contributed by atoms with Gasteiger partial charge in [0, 0.05) is 7.05 Å². The largest absolute Gasteiger partial charge is 0.367 e. The summed E-state index contributed by atoms with van der Waals surface area (Å²) >= 11 is 0. The van der Waals surface area contributed by atoms with Crippen LogP contribution in [-0.4, -0.2) is 31.8 Å². The van der Waals surface area contributed by atoms with Gasteiger partial charge in [0.05, 0.1) is 16.1 Å². The van der Waals surface area contributed by atoms with E-state index in [2.05, 4.69) is 9.19 Å². The van der Waals surface area contributed by atoms with Gasteiger partial charge < -0.3 is 10.4 Å². The highest BCUT2D eigenvalue weighted by Crippen LogP contribution is 2.29. The Kier molecular flexibility index (Phi) is 3.60. The van der Waals surface area contributed by atoms with E-state index >= 15 is 0 Å². The lowest BCUT2D eigenvalue weighted by Gasteiger charge is -2.11. The molecule has 1 aliphatic heterocycles. The molecule has 2 aromatic carbocycles. The van der Waals surface area contributed by atoms with Crippen molar-refractivity contribution < 1.29 is 13.2 Å². The zero-order valence-corrected chi connectivity index (χ0v) is 13.4. The van der Waals surface area contributed by atoms with Gasteiger partial charge in [-0.3, -0.25) is 0 Å². The maximum Gasteiger partial charge on any atom is 0.367 e. The zero-order chi connectivity index (χ0) is 16.6. The van der Waals surface area contributed by atoms with Gasteiger partial charge in [0.15, 0.2) is 0 Å². The number of sulfonamides is 1. The van der Waals surface area contributed by atoms with Crippen molar-refractivity contribution in [2.75, 3.05) is 11.9 Å². The first kappa shape index (κ1) is 15.1. The normalized spacial score (nSPS) is 15.7. The van der Waals surface area contributed by atoms with Gasteiger partial charge in [0.25, 0.3) is 10.0 Å². The molecule has 0 radical (unpaired) electrons. The lowest BCUT2D eigenvalue weighted by molar-refractivity contribution is -0.000206. The molecule has 0 aromatic heterocycles. The number of hydrogen-bond acceptors (Lipinski definition) is 2. The van der Waals surface area contributed by atoms with Crippen molar-refractivity contribution in [2.45, 2.75) is 11.8 Å². The molecule has 116 valence electrons. The number of hydrogen-bond donors (Lipinski definition) is 0. The van der Waals surface area contributed by atoms with Crippen LogP contribution in [0, 0.1) is 6.92 Å². The fourth-order valence-corrected chi connectivity index (χ4v) is 3.53. The molecular formula is C16H14N4O2S. The van der Waals surface area contributed by atoms with Gasteiger partial charge in [-0.1, -0.05) is 29.8 Å². The monoisotopic (exact) mass is 326 g/mol. The quantitative estimate of drug-likeness (QED) is 0.626. The lowest BCUT2D eigenvalue weighted by Crippen LogP contribution is -2.28. The van der Waals surface area contributed by atoms with Crippen LogP contribution >= 0.6 is 0 Å². The molecule has 0 saturated heterocycles. The fraction of sp³-hybridized carbons (Fsp3) is 0.125. The van der Waals surface area contributed by atoms with Crippen LogP contribution in [0.4, 0.5) is 5.69 Å². The fourth-order valence-electron chi connectivity index (χ4n) is 2.49. The molecule has 23 heavy (non-hydrogen) atoms. The van der Waals surface area contributed by atoms with Crippen molar-refractivity contribution in [3.05, 3.63) is 65.2 Å². The molecule has 0 unspecified atom stereocenters. The minimum Gasteiger partial charge on any atom is -0.361 e. The number of nitrogens with zero attached hydrogens (tertiary/aromatic N) is 4. The molecule has 3 rings (SSSR count). The summed E-state index contributed by atoms with van der Waals surface area (Å²) in [6.45, 7) is 1.91. The van der Waals surface area contributed by atoms with Crippen LogP contribution in [0.1, 0.15) is 11.1 Å². The van der Waals surface area contributed by atoms with E-state index < -0.39 is 10.0 Å². The Hall–Kier alpha value is -2.76. The first-order chi connectivity index (χ1) is 10.9. The molecule has 0 spiro atoms. The average Bonchev–Trinajstić information content (AvgIpc) is 2.79. The number of aryl methyl sites for hydroxylation is 1. The van der Waals surface area contributed by atoms with Crippen molar-refractivity contribution in [3.8, 4) is 0 Å². The van der Waals surface area contributed by atoms with E-state index in [1.807, 2.05) is 25.1 Å². The summed E-state index contributed by atoms with van der Waals surface area (Å²) in [5.41, 5.74) is 11.9. The van der Waals surface area contributed by atoms with Crippen LogP contribution in [-0.2, 0) is 10.0 Å². The third kappa shape index (κ3) is 2.56. The van der Waals surface area contributed by atoms with Crippen LogP contribution < -0.4 is 4.90 Å². The summed E-state index contributed by atoms with van der Waals surface area (Å²) in [6, 6.07) is 13.5. The summed E-state index contributed by atoms with van der Waals surface area (Å²) in [5, 5.41) is 0. The summed E-state index contributed by atoms with van der Waals surface area (Å²) in [7, 11) is -2.21. The van der Waals surface area contributed by atoms with E-state index in [1.54, 1.807) is 30.1 Å². The van der Waals surface area contributed by atoms with Gasteiger partial charge >= 0.3 is 5.71 Å². The number of rotatable bonds is 2.